The average molecular weight is 251 g/mol. The Morgan fingerprint density at radius 2 is 2.29 bits per heavy atom. The van der Waals surface area contributed by atoms with Crippen LogP contribution in [0.1, 0.15) is 19.0 Å². The van der Waals surface area contributed by atoms with E-state index in [0.29, 0.717) is 12.1 Å². The average Bonchev–Trinajstić information content (AvgIpc) is 2.54. The summed E-state index contributed by atoms with van der Waals surface area (Å²) >= 11 is 0. The van der Waals surface area contributed by atoms with Crippen molar-refractivity contribution in [3.8, 4) is 6.07 Å². The summed E-state index contributed by atoms with van der Waals surface area (Å²) in [6.45, 7) is 1.88. The van der Waals surface area contributed by atoms with Gasteiger partial charge in [-0.05, 0) is 25.5 Å². The summed E-state index contributed by atoms with van der Waals surface area (Å²) in [5.41, 5.74) is 0.651. The van der Waals surface area contributed by atoms with Crippen molar-refractivity contribution in [1.29, 1.82) is 5.26 Å². The minimum Gasteiger partial charge on any atom is -0.378 e. The lowest BCUT2D eigenvalue weighted by atomic mass is 10.0. The fourth-order valence-corrected chi connectivity index (χ4v) is 4.08. The Bertz CT molecular complexity index is 559. The van der Waals surface area contributed by atoms with Gasteiger partial charge in [-0.2, -0.15) is 5.26 Å². The maximum absolute atomic E-state index is 11.4. The van der Waals surface area contributed by atoms with Crippen LogP contribution in [0.5, 0.6) is 0 Å². The highest BCUT2D eigenvalue weighted by atomic mass is 32.2. The molecule has 5 nitrogen and oxygen atoms in total. The predicted molar refractivity (Wildman–Crippen MR) is 64.3 cm³/mol. The summed E-state index contributed by atoms with van der Waals surface area (Å²) in [7, 11) is -2.92. The van der Waals surface area contributed by atoms with Crippen molar-refractivity contribution in [1.82, 2.24) is 4.98 Å². The molecule has 1 aromatic rings. The van der Waals surface area contributed by atoms with Crippen LogP contribution in [0, 0.1) is 11.3 Å². The minimum absolute atomic E-state index is 0.139. The molecule has 0 radical (unpaired) electrons. The van der Waals surface area contributed by atoms with Crippen LogP contribution in [0.2, 0.25) is 0 Å². The second-order valence-corrected chi connectivity index (χ2v) is 6.76. The zero-order valence-corrected chi connectivity index (χ0v) is 10.3. The standard InChI is InChI=1S/C11H13N3O2S/c1-11(4-5-17(15,16)8-11)14-10-3-2-9(6-12)13-7-10/h2-3,7,14H,4-5,8H2,1H3. The summed E-state index contributed by atoms with van der Waals surface area (Å²) in [4.78, 5) is 3.93. The Morgan fingerprint density at radius 3 is 2.76 bits per heavy atom. The van der Waals surface area contributed by atoms with Crippen molar-refractivity contribution >= 4 is 15.5 Å². The lowest BCUT2D eigenvalue weighted by Crippen LogP contribution is -2.35. The highest BCUT2D eigenvalue weighted by Crippen LogP contribution is 2.27. The number of sulfone groups is 1. The van der Waals surface area contributed by atoms with Crippen molar-refractivity contribution in [3.63, 3.8) is 0 Å². The molecule has 1 atom stereocenters. The second kappa shape index (κ2) is 4.00. The molecule has 90 valence electrons. The van der Waals surface area contributed by atoms with E-state index in [1.807, 2.05) is 13.0 Å². The SMILES string of the molecule is CC1(Nc2ccc(C#N)nc2)CCS(=O)(=O)C1. The van der Waals surface area contributed by atoms with Crippen molar-refractivity contribution in [2.45, 2.75) is 18.9 Å². The van der Waals surface area contributed by atoms with Gasteiger partial charge in [0.25, 0.3) is 0 Å². The molecule has 0 aromatic carbocycles. The van der Waals surface area contributed by atoms with E-state index in [-0.39, 0.29) is 11.5 Å². The molecular weight excluding hydrogens is 238 g/mol. The number of anilines is 1. The number of hydrogen-bond donors (Lipinski definition) is 1. The molecule has 1 N–H and O–H groups in total. The maximum Gasteiger partial charge on any atom is 0.152 e. The van der Waals surface area contributed by atoms with Crippen molar-refractivity contribution < 1.29 is 8.42 Å². The number of hydrogen-bond acceptors (Lipinski definition) is 5. The summed E-state index contributed by atoms with van der Waals surface area (Å²) in [6.07, 6.45) is 2.14. The third-order valence-corrected chi connectivity index (χ3v) is 4.73. The molecule has 6 heteroatoms. The van der Waals surface area contributed by atoms with Gasteiger partial charge in [0.15, 0.2) is 9.84 Å². The van der Waals surface area contributed by atoms with Gasteiger partial charge < -0.3 is 5.32 Å². The van der Waals surface area contributed by atoms with E-state index in [2.05, 4.69) is 10.3 Å². The van der Waals surface area contributed by atoms with E-state index in [9.17, 15) is 8.42 Å². The van der Waals surface area contributed by atoms with Crippen LogP contribution in [0.25, 0.3) is 0 Å². The molecule has 0 bridgehead atoms. The van der Waals surface area contributed by atoms with Crippen LogP contribution in [0.3, 0.4) is 0 Å². The van der Waals surface area contributed by atoms with Crippen molar-refractivity contribution in [2.24, 2.45) is 0 Å². The quantitative estimate of drug-likeness (QED) is 0.845. The molecule has 0 spiro atoms. The number of nitriles is 1. The lowest BCUT2D eigenvalue weighted by Gasteiger charge is -2.25. The van der Waals surface area contributed by atoms with Crippen LogP contribution in [0.15, 0.2) is 18.3 Å². The molecule has 1 fully saturated rings. The number of pyridine rings is 1. The lowest BCUT2D eigenvalue weighted by molar-refractivity contribution is 0.574. The monoisotopic (exact) mass is 251 g/mol. The fourth-order valence-electron chi connectivity index (χ4n) is 1.99. The predicted octanol–water partition coefficient (Wildman–Crippen LogP) is 0.942. The molecule has 2 heterocycles. The van der Waals surface area contributed by atoms with E-state index in [4.69, 9.17) is 5.26 Å². The van der Waals surface area contributed by atoms with E-state index < -0.39 is 15.4 Å². The highest BCUT2D eigenvalue weighted by molar-refractivity contribution is 7.91. The van der Waals surface area contributed by atoms with E-state index in [1.54, 1.807) is 18.3 Å². The summed E-state index contributed by atoms with van der Waals surface area (Å²) in [6, 6.07) is 5.28. The van der Waals surface area contributed by atoms with E-state index in [1.165, 1.54) is 0 Å². The van der Waals surface area contributed by atoms with Crippen LogP contribution >= 0.6 is 0 Å². The Balaban J connectivity index is 2.14. The van der Waals surface area contributed by atoms with E-state index in [0.717, 1.165) is 5.69 Å². The molecule has 1 aliphatic heterocycles. The van der Waals surface area contributed by atoms with E-state index >= 15 is 0 Å². The van der Waals surface area contributed by atoms with Crippen LogP contribution in [-0.4, -0.2) is 30.4 Å². The first-order valence-corrected chi connectivity index (χ1v) is 7.09. The maximum atomic E-state index is 11.4. The van der Waals surface area contributed by atoms with Gasteiger partial charge in [0.05, 0.1) is 23.4 Å². The van der Waals surface area contributed by atoms with Gasteiger partial charge in [0.2, 0.25) is 0 Å². The minimum atomic E-state index is -2.92. The van der Waals surface area contributed by atoms with Crippen LogP contribution in [0.4, 0.5) is 5.69 Å². The zero-order chi connectivity index (χ0) is 12.5. The fraction of sp³-hybridized carbons (Fsp3) is 0.455. The van der Waals surface area contributed by atoms with Gasteiger partial charge in [0.1, 0.15) is 11.8 Å². The molecular formula is C11H13N3O2S. The number of rotatable bonds is 2. The molecule has 0 amide bonds. The smallest absolute Gasteiger partial charge is 0.152 e. The molecule has 1 aromatic heterocycles. The number of nitrogens with zero attached hydrogens (tertiary/aromatic N) is 2. The number of nitrogens with one attached hydrogen (secondary N) is 1. The Labute approximate surface area is 100 Å². The molecule has 17 heavy (non-hydrogen) atoms. The highest BCUT2D eigenvalue weighted by Gasteiger charge is 2.38. The normalized spacial score (nSPS) is 26.4. The molecule has 0 saturated carbocycles. The largest absolute Gasteiger partial charge is 0.378 e. The first-order chi connectivity index (χ1) is 7.92. The molecule has 1 unspecified atom stereocenters. The van der Waals surface area contributed by atoms with Gasteiger partial charge in [-0.3, -0.25) is 0 Å². The topological polar surface area (TPSA) is 82.8 Å². The molecule has 1 aliphatic rings. The van der Waals surface area contributed by atoms with Gasteiger partial charge in [-0.15, -0.1) is 0 Å². The summed E-state index contributed by atoms with van der Waals surface area (Å²) < 4.78 is 22.9. The summed E-state index contributed by atoms with van der Waals surface area (Å²) in [5, 5.41) is 11.8. The zero-order valence-electron chi connectivity index (χ0n) is 9.47. The Kier molecular flexibility index (Phi) is 2.79. The van der Waals surface area contributed by atoms with Crippen molar-refractivity contribution in [3.05, 3.63) is 24.0 Å². The second-order valence-electron chi connectivity index (χ2n) is 4.57. The third-order valence-electron chi connectivity index (χ3n) is 2.83. The molecule has 1 saturated heterocycles. The molecule has 2 rings (SSSR count). The van der Waals surface area contributed by atoms with Crippen LogP contribution < -0.4 is 5.32 Å². The van der Waals surface area contributed by atoms with Gasteiger partial charge in [0, 0.05) is 5.54 Å². The Morgan fingerprint density at radius 1 is 1.53 bits per heavy atom. The first-order valence-electron chi connectivity index (χ1n) is 5.27. The first kappa shape index (κ1) is 11.9. The third kappa shape index (κ3) is 2.74. The van der Waals surface area contributed by atoms with Crippen LogP contribution in [-0.2, 0) is 9.84 Å². The van der Waals surface area contributed by atoms with Gasteiger partial charge >= 0.3 is 0 Å². The summed E-state index contributed by atoms with van der Waals surface area (Å²) in [5.74, 6) is 0.361. The van der Waals surface area contributed by atoms with Gasteiger partial charge in [-0.25, -0.2) is 13.4 Å². The van der Waals surface area contributed by atoms with Crippen molar-refractivity contribution in [2.75, 3.05) is 16.8 Å². The number of aromatic nitrogens is 1. The molecule has 0 aliphatic carbocycles. The van der Waals surface area contributed by atoms with Gasteiger partial charge in [-0.1, -0.05) is 0 Å². The Hall–Kier alpha value is -1.61.